The molecule has 1 N–H and O–H groups in total. The van der Waals surface area contributed by atoms with Crippen molar-refractivity contribution in [2.45, 2.75) is 38.1 Å². The minimum Gasteiger partial charge on any atom is -0.377 e. The van der Waals surface area contributed by atoms with E-state index in [0.29, 0.717) is 25.7 Å². The fourth-order valence-corrected chi connectivity index (χ4v) is 3.87. The fourth-order valence-electron chi connectivity index (χ4n) is 3.87. The van der Waals surface area contributed by atoms with Crippen molar-refractivity contribution in [2.75, 3.05) is 43.1 Å². The Labute approximate surface area is 144 Å². The molecule has 1 saturated carbocycles. The zero-order chi connectivity index (χ0) is 16.4. The molecule has 1 aromatic rings. The molecule has 2 saturated heterocycles. The van der Waals surface area contributed by atoms with Crippen LogP contribution >= 0.6 is 0 Å². The second kappa shape index (κ2) is 7.01. The third kappa shape index (κ3) is 3.51. The van der Waals surface area contributed by atoms with Gasteiger partial charge in [0.25, 0.3) is 0 Å². The van der Waals surface area contributed by atoms with Crippen LogP contribution in [0.4, 0.5) is 16.2 Å². The van der Waals surface area contributed by atoms with E-state index >= 15 is 0 Å². The van der Waals surface area contributed by atoms with Gasteiger partial charge in [0.15, 0.2) is 0 Å². The Morgan fingerprint density at radius 3 is 2.75 bits per heavy atom. The van der Waals surface area contributed by atoms with Crippen molar-refractivity contribution in [3.05, 3.63) is 24.3 Å². The third-order valence-electron chi connectivity index (χ3n) is 5.41. The third-order valence-corrected chi connectivity index (χ3v) is 5.41. The second-order valence-corrected chi connectivity index (χ2v) is 7.20. The summed E-state index contributed by atoms with van der Waals surface area (Å²) in [6.45, 7) is 4.25. The summed E-state index contributed by atoms with van der Waals surface area (Å²) in [6.07, 6.45) is 6.29. The van der Waals surface area contributed by atoms with Crippen molar-refractivity contribution >= 4 is 17.4 Å². The Morgan fingerprint density at radius 2 is 1.96 bits per heavy atom. The molecule has 3 aliphatic rings. The molecular formula is C19H27N3O2. The summed E-state index contributed by atoms with van der Waals surface area (Å²) < 4.78 is 5.58. The highest BCUT2D eigenvalue weighted by atomic mass is 16.5. The topological polar surface area (TPSA) is 44.8 Å². The van der Waals surface area contributed by atoms with E-state index in [1.54, 1.807) is 0 Å². The van der Waals surface area contributed by atoms with E-state index in [1.807, 2.05) is 17.0 Å². The molecule has 2 heterocycles. The van der Waals surface area contributed by atoms with E-state index in [4.69, 9.17) is 4.74 Å². The average molecular weight is 329 g/mol. The Hall–Kier alpha value is -1.75. The quantitative estimate of drug-likeness (QED) is 0.925. The van der Waals surface area contributed by atoms with Crippen molar-refractivity contribution < 1.29 is 9.53 Å². The molecule has 4 rings (SSSR count). The van der Waals surface area contributed by atoms with Gasteiger partial charge >= 0.3 is 6.03 Å². The SMILES string of the molecule is O=C(Nc1cccc(N2CCCCC2)c1)N1CCOC[C@@H]1C1CC1. The predicted molar refractivity (Wildman–Crippen MR) is 95.6 cm³/mol. The van der Waals surface area contributed by atoms with Crippen LogP contribution in [-0.4, -0.2) is 49.8 Å². The lowest BCUT2D eigenvalue weighted by atomic mass is 10.1. The van der Waals surface area contributed by atoms with Crippen LogP contribution in [0.2, 0.25) is 0 Å². The molecule has 5 nitrogen and oxygen atoms in total. The molecular weight excluding hydrogens is 302 g/mol. The molecule has 0 aromatic heterocycles. The number of rotatable bonds is 3. The molecule has 0 spiro atoms. The monoisotopic (exact) mass is 329 g/mol. The average Bonchev–Trinajstić information content (AvgIpc) is 3.48. The number of ether oxygens (including phenoxy) is 1. The number of carbonyl (C=O) groups excluding carboxylic acids is 1. The van der Waals surface area contributed by atoms with E-state index in [-0.39, 0.29) is 12.1 Å². The van der Waals surface area contributed by atoms with Crippen LogP contribution in [-0.2, 0) is 4.74 Å². The highest BCUT2D eigenvalue weighted by Gasteiger charge is 2.39. The Balaban J connectivity index is 1.43. The number of piperidine rings is 1. The van der Waals surface area contributed by atoms with Gasteiger partial charge in [-0.15, -0.1) is 0 Å². The summed E-state index contributed by atoms with van der Waals surface area (Å²) in [7, 11) is 0. The fraction of sp³-hybridized carbons (Fsp3) is 0.632. The molecule has 0 unspecified atom stereocenters. The molecule has 3 fully saturated rings. The van der Waals surface area contributed by atoms with Crippen LogP contribution in [0.25, 0.3) is 0 Å². The molecule has 24 heavy (non-hydrogen) atoms. The second-order valence-electron chi connectivity index (χ2n) is 7.20. The highest BCUT2D eigenvalue weighted by Crippen LogP contribution is 2.36. The van der Waals surface area contributed by atoms with Crippen molar-refractivity contribution in [1.82, 2.24) is 4.90 Å². The summed E-state index contributed by atoms with van der Waals surface area (Å²) in [4.78, 5) is 17.1. The number of benzene rings is 1. The van der Waals surface area contributed by atoms with Crippen LogP contribution in [0, 0.1) is 5.92 Å². The number of urea groups is 1. The van der Waals surface area contributed by atoms with Gasteiger partial charge < -0.3 is 19.9 Å². The molecule has 2 aliphatic heterocycles. The van der Waals surface area contributed by atoms with Gasteiger partial charge in [-0.25, -0.2) is 4.79 Å². The van der Waals surface area contributed by atoms with Gasteiger partial charge in [0.2, 0.25) is 0 Å². The number of nitrogens with one attached hydrogen (secondary N) is 1. The first-order valence-electron chi connectivity index (χ1n) is 9.32. The van der Waals surface area contributed by atoms with Crippen molar-refractivity contribution in [1.29, 1.82) is 0 Å². The lowest BCUT2D eigenvalue weighted by Crippen LogP contribution is -2.51. The Morgan fingerprint density at radius 1 is 1.12 bits per heavy atom. The van der Waals surface area contributed by atoms with Crippen LogP contribution in [0.3, 0.4) is 0 Å². The maximum Gasteiger partial charge on any atom is 0.322 e. The van der Waals surface area contributed by atoms with Crippen LogP contribution in [0.5, 0.6) is 0 Å². The molecule has 1 atom stereocenters. The molecule has 0 radical (unpaired) electrons. The molecule has 1 aromatic carbocycles. The predicted octanol–water partition coefficient (Wildman–Crippen LogP) is 3.32. The minimum atomic E-state index is 0.0194. The highest BCUT2D eigenvalue weighted by molar-refractivity contribution is 5.90. The number of hydrogen-bond donors (Lipinski definition) is 1. The van der Waals surface area contributed by atoms with E-state index in [1.165, 1.54) is 37.8 Å². The largest absolute Gasteiger partial charge is 0.377 e. The van der Waals surface area contributed by atoms with E-state index in [9.17, 15) is 4.79 Å². The number of nitrogens with zero attached hydrogens (tertiary/aromatic N) is 2. The number of carbonyl (C=O) groups is 1. The van der Waals surface area contributed by atoms with Crippen molar-refractivity contribution in [3.63, 3.8) is 0 Å². The van der Waals surface area contributed by atoms with Crippen LogP contribution < -0.4 is 10.2 Å². The lowest BCUT2D eigenvalue weighted by molar-refractivity contribution is 0.00773. The van der Waals surface area contributed by atoms with Gasteiger partial charge in [0, 0.05) is 31.0 Å². The summed E-state index contributed by atoms with van der Waals surface area (Å²) in [5.41, 5.74) is 2.11. The first-order valence-corrected chi connectivity index (χ1v) is 9.32. The van der Waals surface area contributed by atoms with Crippen LogP contribution in [0.15, 0.2) is 24.3 Å². The molecule has 1 aliphatic carbocycles. The zero-order valence-electron chi connectivity index (χ0n) is 14.2. The smallest absolute Gasteiger partial charge is 0.322 e. The molecule has 0 bridgehead atoms. The number of morpholine rings is 1. The Bertz CT molecular complexity index is 582. The summed E-state index contributed by atoms with van der Waals surface area (Å²) in [5.74, 6) is 0.635. The minimum absolute atomic E-state index is 0.0194. The van der Waals surface area contributed by atoms with Gasteiger partial charge in [-0.1, -0.05) is 6.07 Å². The van der Waals surface area contributed by atoms with Gasteiger partial charge in [-0.2, -0.15) is 0 Å². The number of anilines is 2. The zero-order valence-corrected chi connectivity index (χ0v) is 14.2. The van der Waals surface area contributed by atoms with E-state index in [2.05, 4.69) is 22.3 Å². The standard InChI is InChI=1S/C19H27N3O2/c23-19(22-11-12-24-14-18(22)15-7-8-15)20-16-5-4-6-17(13-16)21-9-2-1-3-10-21/h4-6,13,15,18H,1-3,7-12,14H2,(H,20,23)/t18-/m1/s1. The molecule has 2 amide bonds. The van der Waals surface area contributed by atoms with Gasteiger partial charge in [-0.3, -0.25) is 0 Å². The van der Waals surface area contributed by atoms with Crippen molar-refractivity contribution in [2.24, 2.45) is 5.92 Å². The van der Waals surface area contributed by atoms with Gasteiger partial charge in [0.1, 0.15) is 0 Å². The maximum atomic E-state index is 12.7. The van der Waals surface area contributed by atoms with Crippen LogP contribution in [0.1, 0.15) is 32.1 Å². The number of hydrogen-bond acceptors (Lipinski definition) is 3. The summed E-state index contributed by atoms with van der Waals surface area (Å²) in [6, 6.07) is 8.54. The van der Waals surface area contributed by atoms with Gasteiger partial charge in [-0.05, 0) is 56.2 Å². The van der Waals surface area contributed by atoms with Gasteiger partial charge in [0.05, 0.1) is 19.3 Å². The summed E-state index contributed by atoms with van der Waals surface area (Å²) >= 11 is 0. The first-order chi connectivity index (χ1) is 11.8. The van der Waals surface area contributed by atoms with E-state index < -0.39 is 0 Å². The summed E-state index contributed by atoms with van der Waals surface area (Å²) in [5, 5.41) is 3.11. The molecule has 130 valence electrons. The first kappa shape index (κ1) is 15.8. The maximum absolute atomic E-state index is 12.7. The lowest BCUT2D eigenvalue weighted by Gasteiger charge is -2.36. The normalized spacial score (nSPS) is 24.8. The number of amides is 2. The Kier molecular flexibility index (Phi) is 4.60. The van der Waals surface area contributed by atoms with Crippen molar-refractivity contribution in [3.8, 4) is 0 Å². The molecule has 5 heteroatoms. The van der Waals surface area contributed by atoms with E-state index in [0.717, 1.165) is 18.8 Å².